The number of hydrogen-bond acceptors (Lipinski definition) is 4. The Morgan fingerprint density at radius 3 is 2.46 bits per heavy atom. The predicted octanol–water partition coefficient (Wildman–Crippen LogP) is 4.33. The first-order chi connectivity index (χ1) is 12.5. The second kappa shape index (κ2) is 8.22. The molecule has 1 fully saturated rings. The standard InChI is InChI=1S/C19H16BrFO4S/c20-17-15(21)16(25-19(24)11-6-2-1-3-7-11)14(26-17)10-12-8-4-5-9-13(12)18(22)23/h1-9,14-17H,10H2,(H,22,23)/t14-,15+,16-,17?/m1/s1. The van der Waals surface area contributed by atoms with Crippen molar-refractivity contribution < 1.29 is 23.8 Å². The molecule has 7 heteroatoms. The molecule has 1 aliphatic rings. The minimum Gasteiger partial charge on any atom is -0.478 e. The van der Waals surface area contributed by atoms with E-state index in [1.54, 1.807) is 48.5 Å². The summed E-state index contributed by atoms with van der Waals surface area (Å²) in [7, 11) is 0. The van der Waals surface area contributed by atoms with E-state index in [1.807, 2.05) is 0 Å². The molecule has 1 heterocycles. The summed E-state index contributed by atoms with van der Waals surface area (Å²) >= 11 is 4.58. The number of hydrogen-bond donors (Lipinski definition) is 1. The molecule has 2 aromatic rings. The van der Waals surface area contributed by atoms with Gasteiger partial charge in [0.05, 0.1) is 20.5 Å². The number of carboxylic acids is 1. The van der Waals surface area contributed by atoms with Gasteiger partial charge in [-0.1, -0.05) is 52.3 Å². The fourth-order valence-corrected chi connectivity index (χ4v) is 5.28. The molecule has 0 radical (unpaired) electrons. The van der Waals surface area contributed by atoms with Crippen LogP contribution >= 0.6 is 27.7 Å². The minimum atomic E-state index is -1.38. The second-order valence-electron chi connectivity index (χ2n) is 5.87. The van der Waals surface area contributed by atoms with Gasteiger partial charge in [-0.15, -0.1) is 11.8 Å². The van der Waals surface area contributed by atoms with E-state index < -0.39 is 28.4 Å². The molecule has 3 rings (SSSR count). The van der Waals surface area contributed by atoms with Gasteiger partial charge in [-0.3, -0.25) is 0 Å². The monoisotopic (exact) mass is 438 g/mol. The van der Waals surface area contributed by atoms with E-state index in [-0.39, 0.29) is 10.8 Å². The van der Waals surface area contributed by atoms with Crippen molar-refractivity contribution in [3.8, 4) is 0 Å². The van der Waals surface area contributed by atoms with Gasteiger partial charge in [0.25, 0.3) is 0 Å². The fourth-order valence-electron chi connectivity index (χ4n) is 2.87. The summed E-state index contributed by atoms with van der Waals surface area (Å²) < 4.78 is 19.5. The molecule has 4 atom stereocenters. The largest absolute Gasteiger partial charge is 0.478 e. The number of halogens is 2. The highest BCUT2D eigenvalue weighted by Gasteiger charge is 2.46. The van der Waals surface area contributed by atoms with E-state index in [1.165, 1.54) is 17.8 Å². The van der Waals surface area contributed by atoms with Crippen LogP contribution in [-0.2, 0) is 11.2 Å². The minimum absolute atomic E-state index is 0.176. The van der Waals surface area contributed by atoms with E-state index in [2.05, 4.69) is 15.9 Å². The smallest absolute Gasteiger partial charge is 0.338 e. The van der Waals surface area contributed by atoms with Crippen LogP contribution in [0.25, 0.3) is 0 Å². The van der Waals surface area contributed by atoms with Gasteiger partial charge >= 0.3 is 11.9 Å². The fraction of sp³-hybridized carbons (Fsp3) is 0.263. The zero-order chi connectivity index (χ0) is 18.7. The molecule has 0 saturated carbocycles. The lowest BCUT2D eigenvalue weighted by Crippen LogP contribution is -2.34. The van der Waals surface area contributed by atoms with Crippen molar-refractivity contribution in [1.82, 2.24) is 0 Å². The zero-order valence-electron chi connectivity index (χ0n) is 13.5. The van der Waals surface area contributed by atoms with E-state index in [4.69, 9.17) is 4.74 Å². The Morgan fingerprint density at radius 1 is 1.12 bits per heavy atom. The maximum absolute atomic E-state index is 14.6. The van der Waals surface area contributed by atoms with Crippen molar-refractivity contribution in [2.45, 2.75) is 28.1 Å². The van der Waals surface area contributed by atoms with E-state index in [0.29, 0.717) is 17.5 Å². The molecule has 4 nitrogen and oxygen atoms in total. The summed E-state index contributed by atoms with van der Waals surface area (Å²) in [6.45, 7) is 0. The summed E-state index contributed by atoms with van der Waals surface area (Å²) in [5.74, 6) is -1.62. The Kier molecular flexibility index (Phi) is 5.98. The maximum atomic E-state index is 14.6. The highest BCUT2D eigenvalue weighted by molar-refractivity contribution is 9.11. The summed E-state index contributed by atoms with van der Waals surface area (Å²) in [5.41, 5.74) is 1.12. The molecule has 0 spiro atoms. The SMILES string of the molecule is O=C(O[C@H]1[C@H](F)C(Br)S[C@@H]1Cc1ccccc1C(=O)O)c1ccccc1. The number of alkyl halides is 2. The van der Waals surface area contributed by atoms with Gasteiger partial charge in [-0.2, -0.15) is 0 Å². The quantitative estimate of drug-likeness (QED) is 0.555. The van der Waals surface area contributed by atoms with Crippen LogP contribution in [0.1, 0.15) is 26.3 Å². The third-order valence-corrected chi connectivity index (χ3v) is 6.61. The number of benzene rings is 2. The molecule has 26 heavy (non-hydrogen) atoms. The number of carboxylic acid groups (broad SMARTS) is 1. The average Bonchev–Trinajstić information content (AvgIpc) is 2.90. The molecule has 0 amide bonds. The van der Waals surface area contributed by atoms with Crippen molar-refractivity contribution in [2.75, 3.05) is 0 Å². The molecule has 2 aromatic carbocycles. The Bertz CT molecular complexity index is 801. The molecule has 0 bridgehead atoms. The second-order valence-corrected chi connectivity index (χ2v) is 8.85. The van der Waals surface area contributed by atoms with E-state index in [0.717, 1.165) is 0 Å². The molecule has 1 aliphatic heterocycles. The van der Waals surface area contributed by atoms with Crippen LogP contribution in [0.4, 0.5) is 4.39 Å². The summed E-state index contributed by atoms with van der Waals surface area (Å²) in [6.07, 6.45) is -2.05. The van der Waals surface area contributed by atoms with Crippen LogP contribution in [0.5, 0.6) is 0 Å². The van der Waals surface area contributed by atoms with Gasteiger partial charge in [0.1, 0.15) is 6.10 Å². The molecule has 1 unspecified atom stereocenters. The van der Waals surface area contributed by atoms with Crippen molar-refractivity contribution >= 4 is 39.6 Å². The van der Waals surface area contributed by atoms with Crippen LogP contribution in [0.3, 0.4) is 0 Å². The Labute approximate surface area is 162 Å². The topological polar surface area (TPSA) is 63.6 Å². The van der Waals surface area contributed by atoms with Crippen LogP contribution in [0, 0.1) is 0 Å². The normalized spacial score (nSPS) is 25.0. The summed E-state index contributed by atoms with van der Waals surface area (Å²) in [5, 5.41) is 8.94. The number of aromatic carboxylic acids is 1. The van der Waals surface area contributed by atoms with E-state index >= 15 is 0 Å². The van der Waals surface area contributed by atoms with Crippen molar-refractivity contribution in [2.24, 2.45) is 0 Å². The maximum Gasteiger partial charge on any atom is 0.338 e. The number of esters is 1. The molecular weight excluding hydrogens is 423 g/mol. The molecule has 1 N–H and O–H groups in total. The first-order valence-corrected chi connectivity index (χ1v) is 9.84. The van der Waals surface area contributed by atoms with Crippen molar-refractivity contribution in [3.05, 3.63) is 71.3 Å². The third kappa shape index (κ3) is 4.10. The van der Waals surface area contributed by atoms with Crippen LogP contribution in [0.15, 0.2) is 54.6 Å². The van der Waals surface area contributed by atoms with Gasteiger partial charge < -0.3 is 9.84 Å². The summed E-state index contributed by atoms with van der Waals surface area (Å²) in [4.78, 5) is 23.7. The molecule has 0 aromatic heterocycles. The Morgan fingerprint density at radius 2 is 1.77 bits per heavy atom. The highest BCUT2D eigenvalue weighted by atomic mass is 79.9. The van der Waals surface area contributed by atoms with Gasteiger partial charge in [0.15, 0.2) is 6.17 Å². The van der Waals surface area contributed by atoms with Gasteiger partial charge in [-0.25, -0.2) is 14.0 Å². The predicted molar refractivity (Wildman–Crippen MR) is 102 cm³/mol. The first kappa shape index (κ1) is 18.9. The number of carbonyl (C=O) groups is 2. The zero-order valence-corrected chi connectivity index (χ0v) is 16.0. The summed E-state index contributed by atoms with van der Waals surface area (Å²) in [6, 6.07) is 15.0. The Hall–Kier alpha value is -1.86. The number of carbonyl (C=O) groups excluding carboxylic acids is 1. The lowest BCUT2D eigenvalue weighted by atomic mass is 9.99. The van der Waals surface area contributed by atoms with Crippen molar-refractivity contribution in [3.63, 3.8) is 0 Å². The molecule has 1 saturated heterocycles. The van der Waals surface area contributed by atoms with Crippen LogP contribution in [0.2, 0.25) is 0 Å². The lowest BCUT2D eigenvalue weighted by Gasteiger charge is -2.21. The molecular formula is C19H16BrFO4S. The molecule has 0 aliphatic carbocycles. The van der Waals surface area contributed by atoms with Gasteiger partial charge in [0.2, 0.25) is 0 Å². The average molecular weight is 439 g/mol. The van der Waals surface area contributed by atoms with Gasteiger partial charge in [0, 0.05) is 0 Å². The lowest BCUT2D eigenvalue weighted by molar-refractivity contribution is 0.0120. The highest BCUT2D eigenvalue weighted by Crippen LogP contribution is 2.43. The first-order valence-electron chi connectivity index (χ1n) is 7.98. The molecule has 136 valence electrons. The number of rotatable bonds is 5. The third-order valence-electron chi connectivity index (χ3n) is 4.16. The number of thioether (sulfide) groups is 1. The number of ether oxygens (including phenoxy) is 1. The van der Waals surface area contributed by atoms with E-state index in [9.17, 15) is 19.1 Å². The van der Waals surface area contributed by atoms with Crippen molar-refractivity contribution in [1.29, 1.82) is 0 Å². The van der Waals surface area contributed by atoms with Crippen LogP contribution < -0.4 is 0 Å². The Balaban J connectivity index is 1.80. The van der Waals surface area contributed by atoms with Gasteiger partial charge in [-0.05, 0) is 30.2 Å². The van der Waals surface area contributed by atoms with Crippen LogP contribution in [-0.4, -0.2) is 38.7 Å².